The standard InChI is InChI=1S/C24H25Cl2N3O3/c1-31-17-5-6-18(22(30)15-17)21-13-16(24-19(25)3-2-4-20(24)26)14-23(28-21)27-7-8-29-9-11-32-12-10-29/h2-6,13-15,30H,7-12H2,1H3,(H,27,28). The molecule has 0 radical (unpaired) electrons. The average molecular weight is 474 g/mol. The Bertz CT molecular complexity index is 1070. The van der Waals surface area contributed by atoms with Crippen LogP contribution in [0.4, 0.5) is 5.82 Å². The second kappa shape index (κ2) is 10.4. The number of rotatable bonds is 7. The number of phenols is 1. The highest BCUT2D eigenvalue weighted by molar-refractivity contribution is 6.39. The van der Waals surface area contributed by atoms with E-state index in [1.807, 2.05) is 18.2 Å². The Hall–Kier alpha value is -2.51. The molecule has 0 atom stereocenters. The number of phenolic OH excluding ortho intramolecular Hbond substituents is 1. The number of pyridine rings is 1. The number of aromatic nitrogens is 1. The predicted octanol–water partition coefficient (Wildman–Crippen LogP) is 5.18. The fourth-order valence-corrected chi connectivity index (χ4v) is 4.31. The van der Waals surface area contributed by atoms with Gasteiger partial charge in [0.15, 0.2) is 0 Å². The highest BCUT2D eigenvalue weighted by Gasteiger charge is 2.15. The summed E-state index contributed by atoms with van der Waals surface area (Å²) in [6.45, 7) is 4.98. The lowest BCUT2D eigenvalue weighted by Crippen LogP contribution is -2.39. The van der Waals surface area contributed by atoms with Crippen LogP contribution in [0.15, 0.2) is 48.5 Å². The molecule has 8 heteroatoms. The molecule has 2 aromatic carbocycles. The predicted molar refractivity (Wildman–Crippen MR) is 129 cm³/mol. The normalized spacial score (nSPS) is 14.3. The van der Waals surface area contributed by atoms with E-state index in [-0.39, 0.29) is 5.75 Å². The Balaban J connectivity index is 1.68. The van der Waals surface area contributed by atoms with Gasteiger partial charge in [0, 0.05) is 53.4 Å². The Morgan fingerprint density at radius 1 is 1.09 bits per heavy atom. The molecular formula is C24H25Cl2N3O3. The first kappa shape index (κ1) is 22.7. The lowest BCUT2D eigenvalue weighted by molar-refractivity contribution is 0.0398. The summed E-state index contributed by atoms with van der Waals surface area (Å²) >= 11 is 13.0. The number of hydrogen-bond donors (Lipinski definition) is 2. The minimum Gasteiger partial charge on any atom is -0.507 e. The van der Waals surface area contributed by atoms with Gasteiger partial charge in [0.25, 0.3) is 0 Å². The molecular weight excluding hydrogens is 449 g/mol. The van der Waals surface area contributed by atoms with E-state index in [1.165, 1.54) is 0 Å². The molecule has 1 aliphatic heterocycles. The van der Waals surface area contributed by atoms with Crippen LogP contribution in [0, 0.1) is 0 Å². The summed E-state index contributed by atoms with van der Waals surface area (Å²) in [5.41, 5.74) is 2.73. The second-order valence-corrected chi connectivity index (χ2v) is 8.30. The van der Waals surface area contributed by atoms with Gasteiger partial charge in [0.2, 0.25) is 0 Å². The SMILES string of the molecule is COc1ccc(-c2cc(-c3c(Cl)cccc3Cl)cc(NCCN3CCOCC3)n2)c(O)c1. The van der Waals surface area contributed by atoms with Crippen molar-refractivity contribution in [2.45, 2.75) is 0 Å². The van der Waals surface area contributed by atoms with Gasteiger partial charge in [0.05, 0.1) is 26.0 Å². The van der Waals surface area contributed by atoms with Gasteiger partial charge in [-0.1, -0.05) is 29.3 Å². The summed E-state index contributed by atoms with van der Waals surface area (Å²) < 4.78 is 10.6. The van der Waals surface area contributed by atoms with Crippen molar-refractivity contribution in [3.05, 3.63) is 58.6 Å². The van der Waals surface area contributed by atoms with Gasteiger partial charge in [-0.05, 0) is 42.0 Å². The van der Waals surface area contributed by atoms with Crippen molar-refractivity contribution in [1.29, 1.82) is 0 Å². The number of nitrogens with zero attached hydrogens (tertiary/aromatic N) is 2. The first-order chi connectivity index (χ1) is 15.5. The van der Waals surface area contributed by atoms with Crippen LogP contribution in [-0.2, 0) is 4.74 Å². The number of anilines is 1. The molecule has 0 amide bonds. The number of aromatic hydroxyl groups is 1. The molecule has 2 N–H and O–H groups in total. The van der Waals surface area contributed by atoms with Gasteiger partial charge in [-0.3, -0.25) is 4.90 Å². The molecule has 0 bridgehead atoms. The summed E-state index contributed by atoms with van der Waals surface area (Å²) in [7, 11) is 1.56. The summed E-state index contributed by atoms with van der Waals surface area (Å²) in [6.07, 6.45) is 0. The Labute approximate surface area is 197 Å². The van der Waals surface area contributed by atoms with Crippen LogP contribution in [0.25, 0.3) is 22.4 Å². The molecule has 1 fully saturated rings. The quantitative estimate of drug-likeness (QED) is 0.492. The zero-order valence-corrected chi connectivity index (χ0v) is 19.3. The molecule has 4 rings (SSSR count). The maximum atomic E-state index is 10.6. The van der Waals surface area contributed by atoms with E-state index < -0.39 is 0 Å². The minimum absolute atomic E-state index is 0.0820. The average Bonchev–Trinajstić information content (AvgIpc) is 2.79. The van der Waals surface area contributed by atoms with Crippen LogP contribution < -0.4 is 10.1 Å². The van der Waals surface area contributed by atoms with Crippen molar-refractivity contribution in [2.75, 3.05) is 51.8 Å². The van der Waals surface area contributed by atoms with Crippen molar-refractivity contribution in [3.8, 4) is 33.9 Å². The molecule has 168 valence electrons. The smallest absolute Gasteiger partial charge is 0.128 e. The van der Waals surface area contributed by atoms with Gasteiger partial charge >= 0.3 is 0 Å². The van der Waals surface area contributed by atoms with E-state index in [1.54, 1.807) is 37.4 Å². The topological polar surface area (TPSA) is 66.9 Å². The van der Waals surface area contributed by atoms with E-state index in [2.05, 4.69) is 10.2 Å². The molecule has 0 unspecified atom stereocenters. The van der Waals surface area contributed by atoms with Crippen LogP contribution in [0.3, 0.4) is 0 Å². The zero-order valence-electron chi connectivity index (χ0n) is 17.8. The largest absolute Gasteiger partial charge is 0.507 e. The van der Waals surface area contributed by atoms with E-state index in [0.717, 1.165) is 50.5 Å². The number of hydrogen-bond acceptors (Lipinski definition) is 6. The molecule has 3 aromatic rings. The Kier molecular flexibility index (Phi) is 7.37. The van der Waals surface area contributed by atoms with Crippen molar-refractivity contribution in [3.63, 3.8) is 0 Å². The molecule has 0 spiro atoms. The van der Waals surface area contributed by atoms with Crippen LogP contribution in [0.1, 0.15) is 0 Å². The molecule has 6 nitrogen and oxygen atoms in total. The third kappa shape index (κ3) is 5.27. The fourth-order valence-electron chi connectivity index (χ4n) is 3.70. The molecule has 0 aliphatic carbocycles. The van der Waals surface area contributed by atoms with Gasteiger partial charge in [-0.2, -0.15) is 0 Å². The molecule has 2 heterocycles. The molecule has 1 aromatic heterocycles. The van der Waals surface area contributed by atoms with Crippen LogP contribution >= 0.6 is 23.2 Å². The monoisotopic (exact) mass is 473 g/mol. The van der Waals surface area contributed by atoms with E-state index in [4.69, 9.17) is 37.7 Å². The lowest BCUT2D eigenvalue weighted by atomic mass is 10.0. The number of morpholine rings is 1. The Morgan fingerprint density at radius 2 is 1.84 bits per heavy atom. The summed E-state index contributed by atoms with van der Waals surface area (Å²) in [6, 6.07) is 14.4. The number of nitrogens with one attached hydrogen (secondary N) is 1. The van der Waals surface area contributed by atoms with Crippen molar-refractivity contribution < 1.29 is 14.6 Å². The number of methoxy groups -OCH3 is 1. The third-order valence-electron chi connectivity index (χ3n) is 5.40. The lowest BCUT2D eigenvalue weighted by Gasteiger charge is -2.26. The van der Waals surface area contributed by atoms with Gasteiger partial charge in [-0.15, -0.1) is 0 Å². The van der Waals surface area contributed by atoms with Crippen molar-refractivity contribution in [2.24, 2.45) is 0 Å². The van der Waals surface area contributed by atoms with Crippen LogP contribution in [0.5, 0.6) is 11.5 Å². The molecule has 32 heavy (non-hydrogen) atoms. The molecule has 1 saturated heterocycles. The van der Waals surface area contributed by atoms with Gasteiger partial charge in [0.1, 0.15) is 17.3 Å². The summed E-state index contributed by atoms with van der Waals surface area (Å²) in [4.78, 5) is 7.09. The van der Waals surface area contributed by atoms with Crippen LogP contribution in [-0.4, -0.2) is 61.5 Å². The third-order valence-corrected chi connectivity index (χ3v) is 6.03. The van der Waals surface area contributed by atoms with E-state index in [0.29, 0.717) is 32.9 Å². The van der Waals surface area contributed by atoms with Gasteiger partial charge in [-0.25, -0.2) is 4.98 Å². The highest BCUT2D eigenvalue weighted by Crippen LogP contribution is 2.39. The maximum Gasteiger partial charge on any atom is 0.128 e. The second-order valence-electron chi connectivity index (χ2n) is 7.49. The number of benzene rings is 2. The molecule has 1 aliphatic rings. The first-order valence-electron chi connectivity index (χ1n) is 10.4. The minimum atomic E-state index is 0.0820. The fraction of sp³-hybridized carbons (Fsp3) is 0.292. The van der Waals surface area contributed by atoms with E-state index in [9.17, 15) is 5.11 Å². The first-order valence-corrected chi connectivity index (χ1v) is 11.2. The Morgan fingerprint density at radius 3 is 2.53 bits per heavy atom. The maximum absolute atomic E-state index is 10.6. The van der Waals surface area contributed by atoms with Gasteiger partial charge < -0.3 is 19.9 Å². The molecule has 0 saturated carbocycles. The van der Waals surface area contributed by atoms with Crippen molar-refractivity contribution >= 4 is 29.0 Å². The van der Waals surface area contributed by atoms with Crippen LogP contribution in [0.2, 0.25) is 10.0 Å². The summed E-state index contributed by atoms with van der Waals surface area (Å²) in [5.74, 6) is 1.33. The van der Waals surface area contributed by atoms with E-state index >= 15 is 0 Å². The number of ether oxygens (including phenoxy) is 2. The summed E-state index contributed by atoms with van der Waals surface area (Å²) in [5, 5.41) is 15.1. The van der Waals surface area contributed by atoms with Crippen molar-refractivity contribution in [1.82, 2.24) is 9.88 Å². The number of halogens is 2. The zero-order chi connectivity index (χ0) is 22.5. The highest BCUT2D eigenvalue weighted by atomic mass is 35.5.